The molecule has 1 amide bonds. The number of carbonyl (C=O) groups excluding carboxylic acids is 1. The Balaban J connectivity index is 1.02. The number of aliphatic hydroxyl groups excluding tert-OH is 1. The van der Waals surface area contributed by atoms with Crippen LogP contribution >= 0.6 is 7.60 Å². The summed E-state index contributed by atoms with van der Waals surface area (Å²) in [7, 11) is -7.87. The fourth-order valence-corrected chi connectivity index (χ4v) is 10.2. The van der Waals surface area contributed by atoms with Gasteiger partial charge in [0.1, 0.15) is 11.9 Å². The van der Waals surface area contributed by atoms with Gasteiger partial charge in [0.25, 0.3) is 0 Å². The molecule has 15 heteroatoms. The predicted molar refractivity (Wildman–Crippen MR) is 206 cm³/mol. The van der Waals surface area contributed by atoms with E-state index < -0.39 is 54.6 Å². The van der Waals surface area contributed by atoms with E-state index in [1.54, 1.807) is 6.07 Å². The van der Waals surface area contributed by atoms with Gasteiger partial charge in [0.05, 0.1) is 49.4 Å². The number of β-amino-alcohol motifs (C(OH)–C–C–N with tert-alkyl or cyclic N) is 1. The number of nitrogens with zero attached hydrogens (tertiary/aromatic N) is 1. The van der Waals surface area contributed by atoms with Crippen molar-refractivity contribution in [3.8, 4) is 5.75 Å². The van der Waals surface area contributed by atoms with Crippen LogP contribution in [0.5, 0.6) is 5.75 Å². The Morgan fingerprint density at radius 3 is 2.18 bits per heavy atom. The maximum Gasteiger partial charge on any atom is 0.407 e. The topological polar surface area (TPSA) is 159 Å². The Labute approximate surface area is 327 Å². The van der Waals surface area contributed by atoms with Crippen LogP contribution in [0.1, 0.15) is 41.5 Å². The standard InChI is InChI=1S/C41H47N2O11PS/c1-29-23-43(24-37(44)36(21-30-11-5-2-6-12-30)42-41(45)54-38-27-50-40-34(38)19-20-49-40)56(47,48)39-18-17-33(22-35(29)39)51-28-55(46,52-25-31-13-7-3-8-14-31)53-26-32-15-9-4-10-16-32/h2-18,22,29,34,36-38,40,44H,19-21,23-28H2,1H3,(H,42,45)/t29?,34-,36-,37+,38-,40+/m0/s1. The largest absolute Gasteiger partial charge is 0.481 e. The lowest BCUT2D eigenvalue weighted by atomic mass is 9.99. The second-order valence-electron chi connectivity index (χ2n) is 14.3. The molecule has 13 nitrogen and oxygen atoms in total. The van der Waals surface area contributed by atoms with Crippen LogP contribution < -0.4 is 10.1 Å². The number of amides is 1. The molecule has 7 rings (SSSR count). The Hall–Kier alpha value is -4.11. The van der Waals surface area contributed by atoms with Gasteiger partial charge in [0, 0.05) is 13.1 Å². The number of sulfonamides is 1. The first kappa shape index (κ1) is 40.1. The highest BCUT2D eigenvalue weighted by Gasteiger charge is 2.44. The van der Waals surface area contributed by atoms with E-state index in [4.69, 9.17) is 28.0 Å². The van der Waals surface area contributed by atoms with Gasteiger partial charge < -0.3 is 38.4 Å². The van der Waals surface area contributed by atoms with Gasteiger partial charge in [0.2, 0.25) is 10.0 Å². The van der Waals surface area contributed by atoms with Crippen LogP contribution in [-0.4, -0.2) is 81.1 Å². The zero-order chi connectivity index (χ0) is 39.1. The summed E-state index contributed by atoms with van der Waals surface area (Å²) in [4.78, 5) is 13.2. The summed E-state index contributed by atoms with van der Waals surface area (Å²) in [6.45, 7) is 2.52. The van der Waals surface area contributed by atoms with Gasteiger partial charge in [-0.25, -0.2) is 13.2 Å². The molecular weight excluding hydrogens is 759 g/mol. The summed E-state index contributed by atoms with van der Waals surface area (Å²) < 4.78 is 77.8. The maximum atomic E-state index is 14.0. The van der Waals surface area contributed by atoms with Crippen LogP contribution in [-0.2, 0) is 57.5 Å². The lowest BCUT2D eigenvalue weighted by Gasteiger charge is -2.35. The molecule has 3 heterocycles. The molecule has 2 saturated heterocycles. The number of carbonyl (C=O) groups is 1. The van der Waals surface area contributed by atoms with E-state index in [-0.39, 0.29) is 56.1 Å². The Morgan fingerprint density at radius 2 is 1.54 bits per heavy atom. The van der Waals surface area contributed by atoms with Crippen molar-refractivity contribution >= 4 is 23.7 Å². The Kier molecular flexibility index (Phi) is 12.9. The maximum absolute atomic E-state index is 14.0. The quantitative estimate of drug-likeness (QED) is 0.124. The number of aliphatic hydroxyl groups is 1. The van der Waals surface area contributed by atoms with Gasteiger partial charge in [-0.15, -0.1) is 0 Å². The van der Waals surface area contributed by atoms with Crippen molar-refractivity contribution in [2.24, 2.45) is 5.92 Å². The number of hydrogen-bond donors (Lipinski definition) is 2. The van der Waals surface area contributed by atoms with Crippen molar-refractivity contribution < 1.29 is 50.9 Å². The summed E-state index contributed by atoms with van der Waals surface area (Å²) in [5.74, 6) is -0.0521. The number of benzene rings is 4. The van der Waals surface area contributed by atoms with Gasteiger partial charge in [0.15, 0.2) is 12.6 Å². The number of hydrogen-bond acceptors (Lipinski definition) is 11. The molecule has 0 bridgehead atoms. The summed E-state index contributed by atoms with van der Waals surface area (Å²) in [5, 5.41) is 14.4. The van der Waals surface area contributed by atoms with Crippen LogP contribution in [0, 0.1) is 5.92 Å². The van der Waals surface area contributed by atoms with Crippen LogP contribution in [0.15, 0.2) is 114 Å². The third-order valence-corrected chi connectivity index (χ3v) is 13.6. The normalized spacial score (nSPS) is 22.8. The number of fused-ring (bicyclic) bond motifs is 2. The molecule has 0 radical (unpaired) electrons. The third kappa shape index (κ3) is 9.88. The molecule has 6 atom stereocenters. The van der Waals surface area contributed by atoms with Crippen molar-refractivity contribution in [1.29, 1.82) is 0 Å². The van der Waals surface area contributed by atoms with Crippen LogP contribution in [0.4, 0.5) is 4.79 Å². The smallest absolute Gasteiger partial charge is 0.407 e. The molecular formula is C41H47N2O11PS. The molecule has 56 heavy (non-hydrogen) atoms. The van der Waals surface area contributed by atoms with Crippen LogP contribution in [0.25, 0.3) is 0 Å². The summed E-state index contributed by atoms with van der Waals surface area (Å²) in [5.41, 5.74) is 3.00. The van der Waals surface area contributed by atoms with Crippen molar-refractivity contribution in [3.05, 3.63) is 131 Å². The molecule has 0 spiro atoms. The molecule has 298 valence electrons. The Morgan fingerprint density at radius 1 is 0.911 bits per heavy atom. The van der Waals surface area contributed by atoms with E-state index in [2.05, 4.69) is 5.32 Å². The second kappa shape index (κ2) is 18.0. The number of alkyl carbamates (subject to hydrolysis) is 1. The van der Waals surface area contributed by atoms with Crippen molar-refractivity contribution in [2.45, 2.75) is 68.3 Å². The monoisotopic (exact) mass is 806 g/mol. The minimum atomic E-state index is -4.07. The zero-order valence-electron chi connectivity index (χ0n) is 31.1. The molecule has 3 aliphatic rings. The predicted octanol–water partition coefficient (Wildman–Crippen LogP) is 6.22. The average Bonchev–Trinajstić information content (AvgIpc) is 3.84. The van der Waals surface area contributed by atoms with Gasteiger partial charge in [-0.3, -0.25) is 4.57 Å². The number of ether oxygens (including phenoxy) is 4. The van der Waals surface area contributed by atoms with E-state index in [1.165, 1.54) is 16.4 Å². The SMILES string of the molecule is CC1CN(C[C@@H](O)[C@H](Cc2ccccc2)NC(=O)O[C@H]2CO[C@H]3OCC[C@H]32)S(=O)(=O)c2ccc(OCP(=O)(OCc3ccccc3)OCc3ccccc3)cc21. The lowest BCUT2D eigenvalue weighted by Crippen LogP contribution is -2.52. The minimum absolute atomic E-state index is 0.0477. The Bertz CT molecular complexity index is 2030. The van der Waals surface area contributed by atoms with Gasteiger partial charge in [-0.2, -0.15) is 4.31 Å². The van der Waals surface area contributed by atoms with E-state index in [9.17, 15) is 22.9 Å². The van der Waals surface area contributed by atoms with Crippen molar-refractivity contribution in [2.75, 3.05) is 32.7 Å². The fourth-order valence-electron chi connectivity index (χ4n) is 7.17. The fraction of sp³-hybridized carbons (Fsp3) is 0.390. The molecule has 0 saturated carbocycles. The number of rotatable bonds is 16. The summed E-state index contributed by atoms with van der Waals surface area (Å²) in [6.07, 6.45) is -2.33. The summed E-state index contributed by atoms with van der Waals surface area (Å²) in [6, 6.07) is 31.7. The molecule has 3 aliphatic heterocycles. The molecule has 4 aromatic rings. The first-order valence-corrected chi connectivity index (χ1v) is 21.9. The number of nitrogens with one attached hydrogen (secondary N) is 1. The first-order chi connectivity index (χ1) is 27.1. The first-order valence-electron chi connectivity index (χ1n) is 18.7. The van der Waals surface area contributed by atoms with E-state index in [0.29, 0.717) is 24.3 Å². The third-order valence-electron chi connectivity index (χ3n) is 10.2. The van der Waals surface area contributed by atoms with Crippen molar-refractivity contribution in [3.63, 3.8) is 0 Å². The molecule has 0 aliphatic carbocycles. The van der Waals surface area contributed by atoms with Gasteiger partial charge in [-0.1, -0.05) is 97.9 Å². The second-order valence-corrected chi connectivity index (χ2v) is 18.2. The van der Waals surface area contributed by atoms with E-state index in [0.717, 1.165) is 16.7 Å². The van der Waals surface area contributed by atoms with Crippen molar-refractivity contribution in [1.82, 2.24) is 9.62 Å². The zero-order valence-corrected chi connectivity index (χ0v) is 32.8. The minimum Gasteiger partial charge on any atom is -0.481 e. The van der Waals surface area contributed by atoms with E-state index in [1.807, 2.05) is 97.9 Å². The van der Waals surface area contributed by atoms with Gasteiger partial charge in [-0.05, 0) is 59.2 Å². The molecule has 2 N–H and O–H groups in total. The van der Waals surface area contributed by atoms with Crippen LogP contribution in [0.2, 0.25) is 0 Å². The molecule has 0 aromatic heterocycles. The summed E-state index contributed by atoms with van der Waals surface area (Å²) >= 11 is 0. The lowest BCUT2D eigenvalue weighted by molar-refractivity contribution is -0.0907. The van der Waals surface area contributed by atoms with Gasteiger partial charge >= 0.3 is 13.7 Å². The highest BCUT2D eigenvalue weighted by Crippen LogP contribution is 2.50. The van der Waals surface area contributed by atoms with Crippen LogP contribution in [0.3, 0.4) is 0 Å². The molecule has 1 unspecified atom stereocenters. The van der Waals surface area contributed by atoms with E-state index >= 15 is 0 Å². The average molecular weight is 807 g/mol. The molecule has 4 aromatic carbocycles. The highest BCUT2D eigenvalue weighted by molar-refractivity contribution is 7.89. The highest BCUT2D eigenvalue weighted by atomic mass is 32.2. The molecule has 2 fully saturated rings.